The van der Waals surface area contributed by atoms with Gasteiger partial charge in [0.2, 0.25) is 5.88 Å². The fraction of sp³-hybridized carbons (Fsp3) is 0.542. The van der Waals surface area contributed by atoms with Gasteiger partial charge in [-0.05, 0) is 76.2 Å². The van der Waals surface area contributed by atoms with Gasteiger partial charge in [0, 0.05) is 37.4 Å². The summed E-state index contributed by atoms with van der Waals surface area (Å²) in [5.74, 6) is 0.562. The second kappa shape index (κ2) is 9.41. The van der Waals surface area contributed by atoms with Crippen molar-refractivity contribution < 1.29 is 9.13 Å². The third kappa shape index (κ3) is 5.17. The van der Waals surface area contributed by atoms with E-state index in [-0.39, 0.29) is 11.9 Å². The van der Waals surface area contributed by atoms with Gasteiger partial charge in [-0.1, -0.05) is 12.1 Å². The van der Waals surface area contributed by atoms with Crippen LogP contribution < -0.4 is 4.74 Å². The highest BCUT2D eigenvalue weighted by atomic mass is 19.1. The normalized spacial score (nSPS) is 19.6. The molecule has 1 aromatic heterocycles. The van der Waals surface area contributed by atoms with Crippen LogP contribution in [-0.2, 0) is 19.6 Å². The van der Waals surface area contributed by atoms with Gasteiger partial charge in [0.15, 0.2) is 0 Å². The van der Waals surface area contributed by atoms with Crippen LogP contribution in [0, 0.1) is 5.82 Å². The monoisotopic (exact) mass is 412 g/mol. The summed E-state index contributed by atoms with van der Waals surface area (Å²) >= 11 is 0. The molecular weight excluding hydrogens is 379 g/mol. The molecule has 2 aromatic rings. The number of fused-ring (bicyclic) bond motifs is 1. The van der Waals surface area contributed by atoms with E-state index in [0.717, 1.165) is 63.4 Å². The summed E-state index contributed by atoms with van der Waals surface area (Å²) in [6.07, 6.45) is 4.18. The third-order valence-corrected chi connectivity index (χ3v) is 6.11. The highest BCUT2D eigenvalue weighted by Crippen LogP contribution is 2.27. The summed E-state index contributed by atoms with van der Waals surface area (Å²) in [6, 6.07) is 9.85. The van der Waals surface area contributed by atoms with E-state index in [0.29, 0.717) is 11.9 Å². The number of nitrogens with zero attached hydrogens (tertiary/aromatic N) is 4. The van der Waals surface area contributed by atoms with Crippen molar-refractivity contribution in [2.45, 2.75) is 58.5 Å². The summed E-state index contributed by atoms with van der Waals surface area (Å²) in [5.41, 5.74) is 3.42. The Kier molecular flexibility index (Phi) is 6.66. The van der Waals surface area contributed by atoms with Gasteiger partial charge in [0.25, 0.3) is 0 Å². The highest BCUT2D eigenvalue weighted by molar-refractivity contribution is 5.30. The van der Waals surface area contributed by atoms with Gasteiger partial charge in [-0.25, -0.2) is 9.37 Å². The average molecular weight is 413 g/mol. The fourth-order valence-electron chi connectivity index (χ4n) is 4.54. The van der Waals surface area contributed by atoms with Gasteiger partial charge < -0.3 is 9.64 Å². The van der Waals surface area contributed by atoms with Crippen molar-refractivity contribution in [3.8, 4) is 5.88 Å². The molecule has 1 fully saturated rings. The van der Waals surface area contributed by atoms with Crippen LogP contribution in [0.2, 0.25) is 0 Å². The number of halogens is 1. The van der Waals surface area contributed by atoms with E-state index in [9.17, 15) is 4.39 Å². The maximum absolute atomic E-state index is 14.0. The first-order valence-electron chi connectivity index (χ1n) is 11.0. The average Bonchev–Trinajstić information content (AvgIpc) is 2.88. The lowest BCUT2D eigenvalue weighted by molar-refractivity contribution is 0.0534. The van der Waals surface area contributed by atoms with E-state index in [2.05, 4.69) is 32.8 Å². The highest BCUT2D eigenvalue weighted by Gasteiger charge is 2.28. The summed E-state index contributed by atoms with van der Waals surface area (Å²) in [6.45, 7) is 9.51. The largest absolute Gasteiger partial charge is 0.475 e. The summed E-state index contributed by atoms with van der Waals surface area (Å²) < 4.78 is 20.0. The van der Waals surface area contributed by atoms with E-state index < -0.39 is 0 Å². The quantitative estimate of drug-likeness (QED) is 0.744. The maximum Gasteiger partial charge on any atom is 0.218 e. The van der Waals surface area contributed by atoms with Crippen molar-refractivity contribution in [3.63, 3.8) is 0 Å². The van der Waals surface area contributed by atoms with E-state index in [4.69, 9.17) is 4.74 Å². The molecule has 0 atom stereocenters. The minimum absolute atomic E-state index is 0.0854. The standard InChI is InChI=1S/C24H33FN4O/c1-18(2)30-24-20(5-4-10-26-24)15-28-14-19-6-7-22(25)13-21(19)16-29(17-28)23-8-11-27(3)12-9-23/h4-7,10,13,18,23H,8-9,11-12,14-17H2,1-3H3. The first-order valence-corrected chi connectivity index (χ1v) is 11.0. The molecule has 1 saturated heterocycles. The van der Waals surface area contributed by atoms with Crippen molar-refractivity contribution >= 4 is 0 Å². The third-order valence-electron chi connectivity index (χ3n) is 6.11. The predicted octanol–water partition coefficient (Wildman–Crippen LogP) is 3.88. The molecule has 0 aliphatic carbocycles. The lowest BCUT2D eigenvalue weighted by atomic mass is 10.0. The topological polar surface area (TPSA) is 31.8 Å². The predicted molar refractivity (Wildman–Crippen MR) is 117 cm³/mol. The lowest BCUT2D eigenvalue weighted by Gasteiger charge is -2.38. The number of hydrogen-bond donors (Lipinski definition) is 0. The Morgan fingerprint density at radius 3 is 2.70 bits per heavy atom. The maximum atomic E-state index is 14.0. The zero-order valence-corrected chi connectivity index (χ0v) is 18.4. The molecule has 0 radical (unpaired) electrons. The zero-order valence-electron chi connectivity index (χ0n) is 18.4. The molecule has 0 saturated carbocycles. The second-order valence-corrected chi connectivity index (χ2v) is 8.96. The van der Waals surface area contributed by atoms with E-state index in [1.165, 1.54) is 5.56 Å². The molecule has 3 heterocycles. The Balaban J connectivity index is 1.58. The van der Waals surface area contributed by atoms with Gasteiger partial charge in [0.1, 0.15) is 5.82 Å². The molecule has 6 heteroatoms. The van der Waals surface area contributed by atoms with Crippen LogP contribution in [0.4, 0.5) is 4.39 Å². The van der Waals surface area contributed by atoms with Gasteiger partial charge in [-0.15, -0.1) is 0 Å². The van der Waals surface area contributed by atoms with Gasteiger partial charge in [-0.3, -0.25) is 9.80 Å². The molecule has 5 nitrogen and oxygen atoms in total. The van der Waals surface area contributed by atoms with Gasteiger partial charge in [0.05, 0.1) is 12.8 Å². The lowest BCUT2D eigenvalue weighted by Crippen LogP contribution is -2.46. The van der Waals surface area contributed by atoms with Crippen LogP contribution >= 0.6 is 0 Å². The number of ether oxygens (including phenoxy) is 1. The molecule has 0 N–H and O–H groups in total. The van der Waals surface area contributed by atoms with Crippen molar-refractivity contribution in [3.05, 3.63) is 59.0 Å². The second-order valence-electron chi connectivity index (χ2n) is 8.96. The molecule has 0 amide bonds. The Bertz CT molecular complexity index is 851. The SMILES string of the molecule is CC(C)Oc1ncccc1CN1Cc2ccc(F)cc2CN(C2CCN(C)CC2)C1. The summed E-state index contributed by atoms with van der Waals surface area (Å²) in [5, 5.41) is 0. The first kappa shape index (κ1) is 21.2. The van der Waals surface area contributed by atoms with E-state index in [1.54, 1.807) is 18.3 Å². The number of aromatic nitrogens is 1. The number of benzene rings is 1. The zero-order chi connectivity index (χ0) is 21.1. The molecule has 30 heavy (non-hydrogen) atoms. The van der Waals surface area contributed by atoms with Crippen LogP contribution in [0.1, 0.15) is 43.4 Å². The van der Waals surface area contributed by atoms with Gasteiger partial charge in [-0.2, -0.15) is 0 Å². The number of rotatable bonds is 5. The fourth-order valence-corrected chi connectivity index (χ4v) is 4.54. The van der Waals surface area contributed by atoms with Crippen LogP contribution in [0.5, 0.6) is 5.88 Å². The summed E-state index contributed by atoms with van der Waals surface area (Å²) in [7, 11) is 2.19. The van der Waals surface area contributed by atoms with Crippen molar-refractivity contribution in [1.29, 1.82) is 0 Å². The molecule has 0 unspecified atom stereocenters. The van der Waals surface area contributed by atoms with E-state index in [1.807, 2.05) is 26.0 Å². The molecule has 1 aromatic carbocycles. The molecule has 4 rings (SSSR count). The molecule has 2 aliphatic rings. The number of pyridine rings is 1. The Hall–Kier alpha value is -2.02. The molecule has 0 spiro atoms. The molecule has 162 valence electrons. The Morgan fingerprint density at radius 2 is 1.93 bits per heavy atom. The Morgan fingerprint density at radius 1 is 1.13 bits per heavy atom. The first-order chi connectivity index (χ1) is 14.5. The number of likely N-dealkylation sites (tertiary alicyclic amines) is 1. The molecule has 2 aliphatic heterocycles. The summed E-state index contributed by atoms with van der Waals surface area (Å²) in [4.78, 5) is 11.8. The molecule has 0 bridgehead atoms. The minimum atomic E-state index is -0.148. The van der Waals surface area contributed by atoms with Crippen molar-refractivity contribution in [2.24, 2.45) is 0 Å². The van der Waals surface area contributed by atoms with Crippen LogP contribution in [0.25, 0.3) is 0 Å². The van der Waals surface area contributed by atoms with Gasteiger partial charge >= 0.3 is 0 Å². The van der Waals surface area contributed by atoms with Crippen LogP contribution in [0.3, 0.4) is 0 Å². The number of hydrogen-bond acceptors (Lipinski definition) is 5. The van der Waals surface area contributed by atoms with E-state index >= 15 is 0 Å². The number of piperidine rings is 1. The van der Waals surface area contributed by atoms with Crippen molar-refractivity contribution in [1.82, 2.24) is 19.7 Å². The Labute approximate surface area is 179 Å². The smallest absolute Gasteiger partial charge is 0.218 e. The van der Waals surface area contributed by atoms with Crippen LogP contribution in [0.15, 0.2) is 36.5 Å². The van der Waals surface area contributed by atoms with Crippen molar-refractivity contribution in [2.75, 3.05) is 26.8 Å². The minimum Gasteiger partial charge on any atom is -0.475 e. The molecular formula is C24H33FN4O. The van der Waals surface area contributed by atoms with Crippen LogP contribution in [-0.4, -0.2) is 58.6 Å².